The van der Waals surface area contributed by atoms with Crippen LogP contribution in [0.25, 0.3) is 0 Å². The summed E-state index contributed by atoms with van der Waals surface area (Å²) in [6.07, 6.45) is 1.74. The predicted octanol–water partition coefficient (Wildman–Crippen LogP) is 3.37. The maximum atomic E-state index is 12.9. The van der Waals surface area contributed by atoms with Crippen molar-refractivity contribution in [1.29, 1.82) is 0 Å². The number of hydrogen-bond acceptors (Lipinski definition) is 2. The van der Waals surface area contributed by atoms with Gasteiger partial charge in [-0.25, -0.2) is 0 Å². The second-order valence-electron chi connectivity index (χ2n) is 6.14. The third-order valence-electron chi connectivity index (χ3n) is 4.88. The van der Waals surface area contributed by atoms with Crippen molar-refractivity contribution in [3.8, 4) is 0 Å². The molecule has 2 atom stereocenters. The van der Waals surface area contributed by atoms with E-state index >= 15 is 0 Å². The first-order chi connectivity index (χ1) is 8.43. The van der Waals surface area contributed by atoms with Crippen molar-refractivity contribution in [3.05, 3.63) is 0 Å². The summed E-state index contributed by atoms with van der Waals surface area (Å²) >= 11 is 0. The summed E-state index contributed by atoms with van der Waals surface area (Å²) in [6.45, 7) is 0.796. The smallest absolute Gasteiger partial charge is 0.354 e. The summed E-state index contributed by atoms with van der Waals surface area (Å²) in [4.78, 5) is 0. The van der Waals surface area contributed by atoms with Gasteiger partial charge in [-0.2, -0.15) is 13.2 Å². The molecule has 18 heavy (non-hydrogen) atoms. The summed E-state index contributed by atoms with van der Waals surface area (Å²) in [5.41, 5.74) is -0.796. The van der Waals surface area contributed by atoms with Crippen molar-refractivity contribution in [3.63, 3.8) is 0 Å². The van der Waals surface area contributed by atoms with Crippen LogP contribution in [0, 0.1) is 5.92 Å². The minimum atomic E-state index is -4.08. The quantitative estimate of drug-likeness (QED) is 0.723. The van der Waals surface area contributed by atoms with Crippen LogP contribution in [-0.4, -0.2) is 24.0 Å². The Bertz CT molecular complexity index is 323. The largest absolute Gasteiger partial charge is 0.391 e. The molecule has 3 fully saturated rings. The Morgan fingerprint density at radius 3 is 2.44 bits per heavy atom. The Kier molecular flexibility index (Phi) is 2.90. The maximum Gasteiger partial charge on any atom is 0.391 e. The molecule has 0 aromatic heterocycles. The highest BCUT2D eigenvalue weighted by Crippen LogP contribution is 2.49. The van der Waals surface area contributed by atoms with E-state index in [2.05, 4.69) is 5.32 Å². The lowest BCUT2D eigenvalue weighted by molar-refractivity contribution is -0.269. The molecule has 5 heteroatoms. The Morgan fingerprint density at radius 2 is 1.83 bits per heavy atom. The molecule has 0 bridgehead atoms. The lowest BCUT2D eigenvalue weighted by Crippen LogP contribution is -2.63. The Morgan fingerprint density at radius 1 is 1.06 bits per heavy atom. The van der Waals surface area contributed by atoms with Crippen molar-refractivity contribution < 1.29 is 17.9 Å². The summed E-state index contributed by atoms with van der Waals surface area (Å²) < 4.78 is 44.8. The summed E-state index contributed by atoms with van der Waals surface area (Å²) in [7, 11) is 0. The van der Waals surface area contributed by atoms with Gasteiger partial charge < -0.3 is 4.74 Å². The highest BCUT2D eigenvalue weighted by Gasteiger charge is 2.54. The van der Waals surface area contributed by atoms with Gasteiger partial charge in [0.05, 0.1) is 11.5 Å². The lowest BCUT2D eigenvalue weighted by Gasteiger charge is -2.55. The van der Waals surface area contributed by atoms with Gasteiger partial charge in [-0.3, -0.25) is 5.32 Å². The first-order valence-electron chi connectivity index (χ1n) is 6.95. The van der Waals surface area contributed by atoms with Crippen LogP contribution in [0.15, 0.2) is 0 Å². The fourth-order valence-electron chi connectivity index (χ4n) is 3.71. The number of hydrogen-bond donors (Lipinski definition) is 1. The predicted molar refractivity (Wildman–Crippen MR) is 61.0 cm³/mol. The molecule has 1 aliphatic heterocycles. The highest BCUT2D eigenvalue weighted by atomic mass is 19.4. The van der Waals surface area contributed by atoms with E-state index in [-0.39, 0.29) is 18.4 Å². The van der Waals surface area contributed by atoms with E-state index in [1.54, 1.807) is 0 Å². The molecule has 3 rings (SSSR count). The van der Waals surface area contributed by atoms with Gasteiger partial charge in [0.2, 0.25) is 0 Å². The molecule has 1 heterocycles. The second kappa shape index (κ2) is 4.10. The Labute approximate surface area is 105 Å². The van der Waals surface area contributed by atoms with E-state index in [4.69, 9.17) is 4.74 Å². The van der Waals surface area contributed by atoms with Crippen LogP contribution in [0.1, 0.15) is 51.4 Å². The molecule has 104 valence electrons. The van der Waals surface area contributed by atoms with Gasteiger partial charge in [0.25, 0.3) is 0 Å². The third-order valence-corrected chi connectivity index (χ3v) is 4.88. The van der Waals surface area contributed by atoms with E-state index in [1.807, 2.05) is 0 Å². The average molecular weight is 263 g/mol. The molecule has 2 nitrogen and oxygen atoms in total. The monoisotopic (exact) mass is 263 g/mol. The topological polar surface area (TPSA) is 21.3 Å². The van der Waals surface area contributed by atoms with Crippen LogP contribution < -0.4 is 5.32 Å². The molecule has 1 saturated heterocycles. The van der Waals surface area contributed by atoms with Gasteiger partial charge in [-0.1, -0.05) is 0 Å². The van der Waals surface area contributed by atoms with Crippen LogP contribution in [0.5, 0.6) is 0 Å². The molecular formula is C13H20F3NO. The van der Waals surface area contributed by atoms with E-state index in [9.17, 15) is 13.2 Å². The third kappa shape index (κ3) is 2.16. The Hall–Kier alpha value is -0.290. The molecule has 0 aromatic carbocycles. The zero-order chi connectivity index (χ0) is 12.9. The fourth-order valence-corrected chi connectivity index (χ4v) is 3.71. The second-order valence-corrected chi connectivity index (χ2v) is 6.14. The van der Waals surface area contributed by atoms with E-state index in [1.165, 1.54) is 0 Å². The van der Waals surface area contributed by atoms with Crippen molar-refractivity contribution in [1.82, 2.24) is 5.32 Å². The van der Waals surface area contributed by atoms with Crippen LogP contribution in [-0.2, 0) is 4.74 Å². The number of halogens is 3. The highest BCUT2D eigenvalue weighted by molar-refractivity contribution is 5.00. The van der Waals surface area contributed by atoms with Crippen molar-refractivity contribution >= 4 is 0 Å². The average Bonchev–Trinajstić information content (AvgIpc) is 2.26. The SMILES string of the molecule is FC(F)(F)C1CCCC2(C1)NCCC1(CCC1)O2. The van der Waals surface area contributed by atoms with E-state index in [0.29, 0.717) is 6.42 Å². The molecule has 2 spiro atoms. The maximum absolute atomic E-state index is 12.9. The number of nitrogens with one attached hydrogen (secondary N) is 1. The molecule has 2 unspecified atom stereocenters. The van der Waals surface area contributed by atoms with Crippen LogP contribution in [0.4, 0.5) is 13.2 Å². The molecule has 1 N–H and O–H groups in total. The first-order valence-corrected chi connectivity index (χ1v) is 6.95. The number of rotatable bonds is 0. The van der Waals surface area contributed by atoms with Crippen LogP contribution in [0.2, 0.25) is 0 Å². The number of alkyl halides is 3. The zero-order valence-corrected chi connectivity index (χ0v) is 10.5. The van der Waals surface area contributed by atoms with Gasteiger partial charge in [0.1, 0.15) is 5.72 Å². The van der Waals surface area contributed by atoms with Gasteiger partial charge >= 0.3 is 6.18 Å². The van der Waals surface area contributed by atoms with E-state index < -0.39 is 17.8 Å². The van der Waals surface area contributed by atoms with Crippen LogP contribution >= 0.6 is 0 Å². The van der Waals surface area contributed by atoms with Gasteiger partial charge in [0.15, 0.2) is 0 Å². The number of ether oxygens (including phenoxy) is 1. The summed E-state index contributed by atoms with van der Waals surface area (Å²) in [5.74, 6) is -1.20. The fraction of sp³-hybridized carbons (Fsp3) is 1.00. The van der Waals surface area contributed by atoms with Gasteiger partial charge in [0, 0.05) is 13.0 Å². The van der Waals surface area contributed by atoms with E-state index in [0.717, 1.165) is 38.6 Å². The molecule has 2 aliphatic carbocycles. The summed E-state index contributed by atoms with van der Waals surface area (Å²) in [5, 5.41) is 3.24. The lowest BCUT2D eigenvalue weighted by atomic mass is 9.74. The van der Waals surface area contributed by atoms with Crippen molar-refractivity contribution in [2.75, 3.05) is 6.54 Å². The zero-order valence-electron chi connectivity index (χ0n) is 10.5. The molecule has 0 amide bonds. The van der Waals surface area contributed by atoms with Gasteiger partial charge in [-0.05, 0) is 44.9 Å². The Balaban J connectivity index is 1.73. The molecular weight excluding hydrogens is 243 g/mol. The van der Waals surface area contributed by atoms with Gasteiger partial charge in [-0.15, -0.1) is 0 Å². The minimum absolute atomic E-state index is 0.0955. The molecule has 3 aliphatic rings. The summed E-state index contributed by atoms with van der Waals surface area (Å²) in [6, 6.07) is 0. The van der Waals surface area contributed by atoms with Crippen molar-refractivity contribution in [2.45, 2.75) is 68.9 Å². The van der Waals surface area contributed by atoms with Crippen molar-refractivity contribution in [2.24, 2.45) is 5.92 Å². The minimum Gasteiger partial charge on any atom is -0.354 e. The standard InChI is InChI=1S/C13H20F3NO/c14-13(15,16)10-3-1-6-12(9-10)17-8-7-11(18-12)4-2-5-11/h10,17H,1-9H2. The first kappa shape index (κ1) is 12.7. The molecule has 0 aromatic rings. The normalized spacial score (nSPS) is 39.8. The molecule has 0 radical (unpaired) electrons. The van der Waals surface area contributed by atoms with Crippen LogP contribution in [0.3, 0.4) is 0 Å². The molecule has 2 saturated carbocycles.